The van der Waals surface area contributed by atoms with Crippen molar-refractivity contribution in [2.45, 2.75) is 180 Å². The van der Waals surface area contributed by atoms with Crippen LogP contribution in [-0.2, 0) is 47.7 Å². The number of nitrogens with zero attached hydrogens (tertiary/aromatic N) is 2. The van der Waals surface area contributed by atoms with Crippen LogP contribution in [0.25, 0.3) is 0 Å². The number of ether oxygens (including phenoxy) is 5. The SMILES string of the molecule is COC(=O)N(O)C1C[C@@H]2CC[C@@H](C)[C@@](O)(O2)C(=O)C(=O)N2CCCC[C@H]2C(=O)O[C@H]([C@H](C)C[C@@H]2CC[C@@H](O)[C@H](OC)C2)CC(=O)[C@H](C)/C=C(\C)[C@@H](O)C(OC)C(=O)[C@H](C)C[C@H](C)/C=C/C=C/C=C/1C. The van der Waals surface area contributed by atoms with E-state index < -0.39 is 89.9 Å². The molecule has 15 atom stereocenters. The van der Waals surface area contributed by atoms with Crippen LogP contribution in [0.3, 0.4) is 0 Å². The number of Topliss-reactive ketones (excluding diaryl/α,β-unsaturated/α-hetero) is 3. The Bertz CT molecular complexity index is 1910. The van der Waals surface area contributed by atoms with Gasteiger partial charge in [0.05, 0.1) is 31.5 Å². The van der Waals surface area contributed by atoms with Gasteiger partial charge < -0.3 is 43.9 Å². The predicted molar refractivity (Wildman–Crippen MR) is 254 cm³/mol. The summed E-state index contributed by atoms with van der Waals surface area (Å²) in [5.74, 6) is -8.93. The van der Waals surface area contributed by atoms with E-state index >= 15 is 0 Å². The van der Waals surface area contributed by atoms with Gasteiger partial charge in [-0.1, -0.05) is 71.1 Å². The molecule has 0 aromatic carbocycles. The average Bonchev–Trinajstić information content (AvgIpc) is 3.32. The summed E-state index contributed by atoms with van der Waals surface area (Å²) in [4.78, 5) is 84.7. The standard InChI is InChI=1S/C52H80N2O15/c1-30-16-12-11-13-17-31(2)40(54(64)51(62)67-10)28-38-21-19-36(7)52(63,69-38)48(59)49(60)53-23-15-14-18-39(53)50(61)68-43(33(4)26-37-20-22-41(55)44(27-37)65-8)29-42(56)32(3)25-35(6)46(58)47(66-9)45(57)34(5)24-30/h11-13,16-17,25,30,32-34,36-41,43-44,46-47,55,58,63-64H,14-15,18-24,26-29H2,1-10H3/b13-11+,16-12+,31-17+,35-25+/t30-,32-,33-,34-,36-,37+,38+,39+,40?,41-,43+,44-,46-,47?,52-/m1/s1. The highest BCUT2D eigenvalue weighted by Crippen LogP contribution is 2.38. The summed E-state index contributed by atoms with van der Waals surface area (Å²) in [5.41, 5.74) is 0.852. The van der Waals surface area contributed by atoms with Gasteiger partial charge in [-0.15, -0.1) is 0 Å². The molecular formula is C52H80N2O15. The molecule has 0 spiro atoms. The van der Waals surface area contributed by atoms with Crippen molar-refractivity contribution in [3.63, 3.8) is 0 Å². The zero-order chi connectivity index (χ0) is 51.3. The number of rotatable bonds is 6. The maximum absolute atomic E-state index is 14.4. The summed E-state index contributed by atoms with van der Waals surface area (Å²) in [6.07, 6.45) is 8.06. The first-order valence-electron chi connectivity index (χ1n) is 24.8. The molecule has 69 heavy (non-hydrogen) atoms. The minimum Gasteiger partial charge on any atom is -0.460 e. The highest BCUT2D eigenvalue weighted by Gasteiger charge is 2.53. The number of piperidine rings is 1. The van der Waals surface area contributed by atoms with Gasteiger partial charge in [-0.3, -0.25) is 24.4 Å². The van der Waals surface area contributed by atoms with E-state index in [-0.39, 0.29) is 67.7 Å². The third kappa shape index (κ3) is 15.0. The number of aliphatic hydroxyl groups excluding tert-OH is 2. The van der Waals surface area contributed by atoms with Crippen LogP contribution < -0.4 is 0 Å². The summed E-state index contributed by atoms with van der Waals surface area (Å²) in [6.45, 7) is 12.2. The molecule has 2 bridgehead atoms. The monoisotopic (exact) mass is 973 g/mol. The van der Waals surface area contributed by atoms with Gasteiger partial charge in [0, 0.05) is 51.4 Å². The molecule has 17 heteroatoms. The topological polar surface area (TPSA) is 236 Å². The van der Waals surface area contributed by atoms with Gasteiger partial charge in [-0.05, 0) is 107 Å². The van der Waals surface area contributed by atoms with Gasteiger partial charge in [0.15, 0.2) is 5.78 Å². The van der Waals surface area contributed by atoms with Crippen LogP contribution in [0.4, 0.5) is 4.79 Å². The molecule has 4 N–H and O–H groups in total. The molecule has 4 rings (SSSR count). The molecule has 2 unspecified atom stereocenters. The Hall–Kier alpha value is -4.10. The molecular weight excluding hydrogens is 893 g/mol. The lowest BCUT2D eigenvalue weighted by atomic mass is 9.78. The summed E-state index contributed by atoms with van der Waals surface area (Å²) >= 11 is 0. The van der Waals surface area contributed by atoms with E-state index in [1.165, 1.54) is 7.11 Å². The first kappa shape index (κ1) is 57.5. The van der Waals surface area contributed by atoms with Gasteiger partial charge >= 0.3 is 12.1 Å². The lowest BCUT2D eigenvalue weighted by Gasteiger charge is -2.43. The summed E-state index contributed by atoms with van der Waals surface area (Å²) in [6, 6.07) is -2.26. The fourth-order valence-corrected chi connectivity index (χ4v) is 10.4. The van der Waals surface area contributed by atoms with Crippen LogP contribution in [-0.4, -0.2) is 148 Å². The predicted octanol–water partition coefficient (Wildman–Crippen LogP) is 5.99. The van der Waals surface area contributed by atoms with Crippen LogP contribution in [0.1, 0.15) is 126 Å². The molecule has 2 saturated heterocycles. The second-order valence-electron chi connectivity index (χ2n) is 20.2. The van der Waals surface area contributed by atoms with Gasteiger partial charge in [0.2, 0.25) is 5.79 Å². The first-order valence-corrected chi connectivity index (χ1v) is 24.8. The Morgan fingerprint density at radius 2 is 1.61 bits per heavy atom. The summed E-state index contributed by atoms with van der Waals surface area (Å²) in [7, 11) is 4.01. The number of esters is 1. The Morgan fingerprint density at radius 1 is 0.899 bits per heavy atom. The van der Waals surface area contributed by atoms with E-state index in [2.05, 4.69) is 0 Å². The quantitative estimate of drug-likeness (QED) is 0.0787. The average molecular weight is 973 g/mol. The summed E-state index contributed by atoms with van der Waals surface area (Å²) in [5, 5.41) is 45.4. The number of amides is 2. The Morgan fingerprint density at radius 3 is 2.28 bits per heavy atom. The molecule has 0 aromatic heterocycles. The molecule has 3 fully saturated rings. The Balaban J connectivity index is 1.75. The van der Waals surface area contributed by atoms with E-state index in [1.807, 2.05) is 19.9 Å². The zero-order valence-corrected chi connectivity index (χ0v) is 42.4. The molecule has 4 aliphatic rings. The zero-order valence-electron chi connectivity index (χ0n) is 42.4. The van der Waals surface area contributed by atoms with Crippen molar-refractivity contribution in [1.29, 1.82) is 0 Å². The minimum atomic E-state index is -2.61. The molecule has 3 aliphatic heterocycles. The number of aliphatic hydroxyl groups is 3. The van der Waals surface area contributed by atoms with Crippen LogP contribution in [0, 0.1) is 35.5 Å². The second-order valence-corrected chi connectivity index (χ2v) is 20.2. The molecule has 1 saturated carbocycles. The van der Waals surface area contributed by atoms with E-state index in [1.54, 1.807) is 72.1 Å². The first-order chi connectivity index (χ1) is 32.6. The third-order valence-electron chi connectivity index (χ3n) is 14.9. The molecule has 0 radical (unpaired) electrons. The van der Waals surface area contributed by atoms with Crippen molar-refractivity contribution in [1.82, 2.24) is 9.96 Å². The van der Waals surface area contributed by atoms with E-state index in [0.29, 0.717) is 67.6 Å². The van der Waals surface area contributed by atoms with Crippen molar-refractivity contribution < 1.29 is 73.0 Å². The van der Waals surface area contributed by atoms with Gasteiger partial charge in [-0.2, -0.15) is 5.06 Å². The molecule has 1 aliphatic carbocycles. The van der Waals surface area contributed by atoms with Crippen molar-refractivity contribution in [2.75, 3.05) is 27.9 Å². The lowest BCUT2D eigenvalue weighted by molar-refractivity contribution is -0.266. The van der Waals surface area contributed by atoms with Crippen LogP contribution in [0.5, 0.6) is 0 Å². The van der Waals surface area contributed by atoms with Crippen molar-refractivity contribution in [3.8, 4) is 0 Å². The van der Waals surface area contributed by atoms with Crippen LogP contribution in [0.2, 0.25) is 0 Å². The number of methoxy groups -OCH3 is 3. The lowest BCUT2D eigenvalue weighted by Crippen LogP contribution is -2.61. The van der Waals surface area contributed by atoms with E-state index in [9.17, 15) is 49.3 Å². The third-order valence-corrected chi connectivity index (χ3v) is 14.9. The molecule has 2 amide bonds. The summed E-state index contributed by atoms with van der Waals surface area (Å²) < 4.78 is 28.3. The molecule has 0 aromatic rings. The highest BCUT2D eigenvalue weighted by molar-refractivity contribution is 6.39. The maximum Gasteiger partial charge on any atom is 0.434 e. The Kier molecular flexibility index (Phi) is 22.0. The normalized spacial score (nSPS) is 38.6. The highest BCUT2D eigenvalue weighted by atomic mass is 16.6. The van der Waals surface area contributed by atoms with Crippen molar-refractivity contribution >= 4 is 35.3 Å². The van der Waals surface area contributed by atoms with Crippen LogP contribution in [0.15, 0.2) is 47.6 Å². The van der Waals surface area contributed by atoms with E-state index in [4.69, 9.17) is 23.7 Å². The van der Waals surface area contributed by atoms with Crippen molar-refractivity contribution in [3.05, 3.63) is 47.6 Å². The smallest absolute Gasteiger partial charge is 0.434 e. The fourth-order valence-electron chi connectivity index (χ4n) is 10.4. The number of carbonyl (C=O) groups is 6. The maximum atomic E-state index is 14.4. The number of ketones is 3. The number of hydrogen-bond donors (Lipinski definition) is 4. The molecule has 17 nitrogen and oxygen atoms in total. The Labute approximate surface area is 408 Å². The number of hydrogen-bond acceptors (Lipinski definition) is 15. The number of allylic oxidation sites excluding steroid dienone is 6. The largest absolute Gasteiger partial charge is 0.460 e. The van der Waals surface area contributed by atoms with Gasteiger partial charge in [0.25, 0.3) is 11.7 Å². The molecule has 388 valence electrons. The van der Waals surface area contributed by atoms with E-state index in [0.717, 1.165) is 12.0 Å². The van der Waals surface area contributed by atoms with Gasteiger partial charge in [-0.25, -0.2) is 9.59 Å². The minimum absolute atomic E-state index is 0.0135. The second kappa shape index (κ2) is 26.4. The fraction of sp³-hybridized carbons (Fsp3) is 0.731. The number of hydroxylamine groups is 2. The van der Waals surface area contributed by atoms with Crippen LogP contribution >= 0.6 is 0 Å². The van der Waals surface area contributed by atoms with Crippen molar-refractivity contribution in [2.24, 2.45) is 35.5 Å². The number of cyclic esters (lactones) is 1. The molecule has 3 heterocycles. The number of fused-ring (bicyclic) bond motifs is 3. The van der Waals surface area contributed by atoms with Gasteiger partial charge in [0.1, 0.15) is 30.1 Å². The number of carbonyl (C=O) groups excluding carboxylic acids is 6.